The number of methoxy groups -OCH3 is 1. The molecule has 0 radical (unpaired) electrons. The molecule has 5 aliphatic rings. The molecular formula is C43H57N6O9S+. The number of carbonyl (C=O) groups excluding carboxylic acids is 4. The SMILES string of the molecule is COc1ccc2c(OC3CC4C(=O)NC5(C(=O)NS(=O)(=O)C6(C)CC6)CC5C=CCCCCCC(NC(=O)C5=[N+](C(C)C)C=C5)C(=O)N4C3)cc(OC(C)C)nc2c1C. The van der Waals surface area contributed by atoms with E-state index in [1.807, 2.05) is 69.7 Å². The lowest BCUT2D eigenvalue weighted by molar-refractivity contribution is -0.499. The Morgan fingerprint density at radius 2 is 1.85 bits per heavy atom. The van der Waals surface area contributed by atoms with Crippen LogP contribution in [-0.2, 0) is 29.2 Å². The van der Waals surface area contributed by atoms with Crippen LogP contribution in [0.25, 0.3) is 10.9 Å². The lowest BCUT2D eigenvalue weighted by Gasteiger charge is -2.30. The average molecular weight is 834 g/mol. The minimum Gasteiger partial charge on any atom is -0.496 e. The molecule has 0 bridgehead atoms. The van der Waals surface area contributed by atoms with Crippen molar-refractivity contribution in [2.24, 2.45) is 5.92 Å². The summed E-state index contributed by atoms with van der Waals surface area (Å²) in [5.41, 5.74) is 0.308. The van der Waals surface area contributed by atoms with E-state index in [1.165, 1.54) is 4.90 Å². The lowest BCUT2D eigenvalue weighted by atomic mass is 10.0. The van der Waals surface area contributed by atoms with Crippen LogP contribution >= 0.6 is 0 Å². The molecule has 3 fully saturated rings. The van der Waals surface area contributed by atoms with Gasteiger partial charge in [0.05, 0.1) is 36.1 Å². The monoisotopic (exact) mass is 833 g/mol. The molecule has 3 aliphatic heterocycles. The van der Waals surface area contributed by atoms with Crippen molar-refractivity contribution in [2.75, 3.05) is 13.7 Å². The predicted octanol–water partition coefficient (Wildman–Crippen LogP) is 3.96. The van der Waals surface area contributed by atoms with Crippen molar-refractivity contribution in [1.29, 1.82) is 0 Å². The summed E-state index contributed by atoms with van der Waals surface area (Å²) >= 11 is 0. The molecule has 1 aromatic carbocycles. The zero-order valence-corrected chi connectivity index (χ0v) is 35.8. The van der Waals surface area contributed by atoms with E-state index in [2.05, 4.69) is 15.4 Å². The van der Waals surface area contributed by atoms with Gasteiger partial charge in [-0.3, -0.25) is 23.9 Å². The Morgan fingerprint density at radius 3 is 2.51 bits per heavy atom. The molecule has 3 N–H and O–H groups in total. The van der Waals surface area contributed by atoms with Crippen molar-refractivity contribution in [2.45, 2.75) is 140 Å². The summed E-state index contributed by atoms with van der Waals surface area (Å²) in [5, 5.41) is 6.59. The minimum absolute atomic E-state index is 0.00747. The number of allylic oxidation sites excluding steroid dienone is 1. The molecule has 5 unspecified atom stereocenters. The topological polar surface area (TPSA) is 185 Å². The molecule has 1 aromatic heterocycles. The number of fused-ring (bicyclic) bond motifs is 3. The number of ether oxygens (including phenoxy) is 3. The normalized spacial score (nSPS) is 26.6. The Kier molecular flexibility index (Phi) is 11.6. The third-order valence-electron chi connectivity index (χ3n) is 12.2. The van der Waals surface area contributed by atoms with Gasteiger partial charge in [-0.05, 0) is 92.2 Å². The fourth-order valence-electron chi connectivity index (χ4n) is 8.21. The van der Waals surface area contributed by atoms with Crippen LogP contribution in [0.1, 0.15) is 98.0 Å². The maximum Gasteiger partial charge on any atom is 0.316 e. The Balaban J connectivity index is 1.23. The van der Waals surface area contributed by atoms with Crippen LogP contribution in [-0.4, -0.2) is 106 Å². The second-order valence-electron chi connectivity index (χ2n) is 17.3. The van der Waals surface area contributed by atoms with Crippen LogP contribution in [0.5, 0.6) is 17.4 Å². The van der Waals surface area contributed by atoms with Crippen molar-refractivity contribution >= 4 is 50.3 Å². The van der Waals surface area contributed by atoms with Crippen LogP contribution in [0.15, 0.2) is 42.6 Å². The molecule has 7 rings (SSSR count). The van der Waals surface area contributed by atoms with Crippen molar-refractivity contribution < 1.29 is 46.4 Å². The largest absolute Gasteiger partial charge is 0.496 e. The second-order valence-corrected chi connectivity index (χ2v) is 19.5. The van der Waals surface area contributed by atoms with Gasteiger partial charge in [0.25, 0.3) is 11.6 Å². The van der Waals surface area contributed by atoms with Gasteiger partial charge in [-0.2, -0.15) is 4.58 Å². The zero-order chi connectivity index (χ0) is 42.4. The van der Waals surface area contributed by atoms with E-state index >= 15 is 0 Å². The molecule has 2 aliphatic carbocycles. The molecule has 318 valence electrons. The molecule has 59 heavy (non-hydrogen) atoms. The molecule has 16 heteroatoms. The van der Waals surface area contributed by atoms with Crippen molar-refractivity contribution in [3.05, 3.63) is 48.2 Å². The third-order valence-corrected chi connectivity index (χ3v) is 14.4. The van der Waals surface area contributed by atoms with E-state index in [9.17, 15) is 27.6 Å². The Morgan fingerprint density at radius 1 is 1.08 bits per heavy atom. The fourth-order valence-corrected chi connectivity index (χ4v) is 9.53. The highest BCUT2D eigenvalue weighted by Crippen LogP contribution is 2.47. The Bertz CT molecular complexity index is 2250. The van der Waals surface area contributed by atoms with E-state index in [0.29, 0.717) is 66.1 Å². The Labute approximate surface area is 346 Å². The van der Waals surface area contributed by atoms with Gasteiger partial charge in [0.2, 0.25) is 27.7 Å². The predicted molar refractivity (Wildman–Crippen MR) is 221 cm³/mol. The van der Waals surface area contributed by atoms with Crippen LogP contribution in [0, 0.1) is 12.8 Å². The van der Waals surface area contributed by atoms with Crippen LogP contribution < -0.4 is 29.6 Å². The number of nitrogens with zero attached hydrogens (tertiary/aromatic N) is 3. The van der Waals surface area contributed by atoms with Gasteiger partial charge >= 0.3 is 5.91 Å². The van der Waals surface area contributed by atoms with E-state index < -0.39 is 62.1 Å². The molecule has 15 nitrogen and oxygen atoms in total. The highest BCUT2D eigenvalue weighted by atomic mass is 32.2. The number of hydrogen-bond donors (Lipinski definition) is 3. The number of rotatable bonds is 11. The quantitative estimate of drug-likeness (QED) is 0.221. The number of carbonyl (C=O) groups is 4. The molecule has 4 heterocycles. The fraction of sp³-hybridized carbons (Fsp3) is 0.581. The number of pyridine rings is 1. The smallest absolute Gasteiger partial charge is 0.316 e. The van der Waals surface area contributed by atoms with Crippen LogP contribution in [0.3, 0.4) is 0 Å². The molecule has 4 amide bonds. The standard InChI is InChI=1S/C43H56N6O9S/c1-25(2)48-20-17-32(48)38(50)44-31-14-12-10-8-9-11-13-28-23-43(28,41(53)47-59(54,55)42(6)18-19-42)46-39(51)33-21-29(24-49(33)40(31)52)58-35-22-36(57-26(3)4)45-37-27(5)34(56-7)16-15-30(35)37/h11,13,15-17,20,22,25-26,28-29,31,33H,8-10,12,14,18-19,21,23-24H2,1-7H3,(H2-,44,46,47,50,51,53)/p+1. The van der Waals surface area contributed by atoms with E-state index in [-0.39, 0.29) is 37.4 Å². The molecule has 2 saturated carbocycles. The number of sulfonamides is 1. The number of amides is 4. The van der Waals surface area contributed by atoms with Gasteiger partial charge in [-0.15, -0.1) is 0 Å². The van der Waals surface area contributed by atoms with Gasteiger partial charge in [-0.1, -0.05) is 25.0 Å². The number of benzene rings is 1. The summed E-state index contributed by atoms with van der Waals surface area (Å²) in [6.07, 6.45) is 10.9. The maximum absolute atomic E-state index is 14.8. The summed E-state index contributed by atoms with van der Waals surface area (Å²) in [6, 6.07) is 3.33. The first-order valence-corrected chi connectivity index (χ1v) is 22.3. The molecule has 1 saturated heterocycles. The van der Waals surface area contributed by atoms with Gasteiger partial charge in [-0.25, -0.2) is 13.4 Å². The maximum atomic E-state index is 14.8. The van der Waals surface area contributed by atoms with Crippen LogP contribution in [0.4, 0.5) is 0 Å². The molecular weight excluding hydrogens is 777 g/mol. The van der Waals surface area contributed by atoms with Crippen molar-refractivity contribution in [1.82, 2.24) is 25.2 Å². The number of nitrogens with one attached hydrogen (secondary N) is 3. The van der Waals surface area contributed by atoms with Gasteiger partial charge in [0.1, 0.15) is 35.2 Å². The van der Waals surface area contributed by atoms with Crippen molar-refractivity contribution in [3.63, 3.8) is 0 Å². The summed E-state index contributed by atoms with van der Waals surface area (Å²) in [5.74, 6) is -1.28. The van der Waals surface area contributed by atoms with E-state index in [4.69, 9.17) is 19.2 Å². The summed E-state index contributed by atoms with van der Waals surface area (Å²) < 4.78 is 47.9. The minimum atomic E-state index is -4.00. The highest BCUT2D eigenvalue weighted by molar-refractivity contribution is 7.91. The summed E-state index contributed by atoms with van der Waals surface area (Å²) in [4.78, 5) is 63.3. The van der Waals surface area contributed by atoms with Crippen LogP contribution in [0.2, 0.25) is 0 Å². The number of aryl methyl sites for hydroxylation is 1. The first-order chi connectivity index (χ1) is 28.0. The summed E-state index contributed by atoms with van der Waals surface area (Å²) in [6.45, 7) is 11.2. The zero-order valence-electron chi connectivity index (χ0n) is 35.0. The lowest BCUT2D eigenvalue weighted by Crippen LogP contribution is -2.59. The van der Waals surface area contributed by atoms with E-state index in [1.54, 1.807) is 26.2 Å². The van der Waals surface area contributed by atoms with E-state index in [0.717, 1.165) is 18.4 Å². The van der Waals surface area contributed by atoms with Gasteiger partial charge < -0.3 is 29.7 Å². The molecule has 5 atom stereocenters. The third kappa shape index (κ3) is 8.42. The van der Waals surface area contributed by atoms with Gasteiger partial charge in [0.15, 0.2) is 12.2 Å². The molecule has 2 aromatic rings. The summed E-state index contributed by atoms with van der Waals surface area (Å²) in [7, 11) is -2.42. The average Bonchev–Trinajstić information content (AvgIpc) is 4.03. The first kappa shape index (κ1) is 42.1. The Hall–Kier alpha value is -4.99. The molecule has 0 spiro atoms. The first-order valence-electron chi connectivity index (χ1n) is 20.8. The number of aromatic nitrogens is 1. The highest BCUT2D eigenvalue weighted by Gasteiger charge is 2.63. The number of hydrogen-bond acceptors (Lipinski definition) is 10. The van der Waals surface area contributed by atoms with Crippen molar-refractivity contribution in [3.8, 4) is 17.4 Å². The van der Waals surface area contributed by atoms with Gasteiger partial charge in [0, 0.05) is 29.4 Å². The second kappa shape index (κ2) is 16.2.